The largest absolute Gasteiger partial charge is 0.369 e. The molecule has 4 aliphatic rings. The second kappa shape index (κ2) is 6.44. The minimum absolute atomic E-state index is 0.0818. The highest BCUT2D eigenvalue weighted by Gasteiger charge is 2.58. The van der Waals surface area contributed by atoms with Gasteiger partial charge in [-0.1, -0.05) is 12.1 Å². The van der Waals surface area contributed by atoms with Crippen LogP contribution >= 0.6 is 0 Å². The number of benzene rings is 1. The monoisotopic (exact) mass is 395 g/mol. The predicted octanol–water partition coefficient (Wildman–Crippen LogP) is 3.24. The lowest BCUT2D eigenvalue weighted by Crippen LogP contribution is -2.62. The maximum absolute atomic E-state index is 14.2. The lowest BCUT2D eigenvalue weighted by Gasteiger charge is -2.58. The van der Waals surface area contributed by atoms with Gasteiger partial charge in [0.15, 0.2) is 0 Å². The summed E-state index contributed by atoms with van der Waals surface area (Å²) in [5.41, 5.74) is 7.07. The van der Waals surface area contributed by atoms with Crippen LogP contribution < -0.4 is 11.1 Å². The van der Waals surface area contributed by atoms with Crippen molar-refractivity contribution in [1.82, 2.24) is 9.88 Å². The number of hydrogen-bond donors (Lipinski definition) is 2. The van der Waals surface area contributed by atoms with Crippen LogP contribution in [0.5, 0.6) is 0 Å². The summed E-state index contributed by atoms with van der Waals surface area (Å²) in [6, 6.07) is 10.2. The topological polar surface area (TPSA) is 77.1 Å². The van der Waals surface area contributed by atoms with Gasteiger partial charge in [-0.2, -0.15) is 0 Å². The van der Waals surface area contributed by atoms with Gasteiger partial charge in [0.2, 0.25) is 5.91 Å². The smallest absolute Gasteiger partial charge is 0.268 e. The van der Waals surface area contributed by atoms with Gasteiger partial charge in [0.1, 0.15) is 11.5 Å². The lowest BCUT2D eigenvalue weighted by molar-refractivity contribution is -0.145. The van der Waals surface area contributed by atoms with Crippen molar-refractivity contribution in [3.63, 3.8) is 0 Å². The fourth-order valence-corrected chi connectivity index (χ4v) is 6.47. The third kappa shape index (κ3) is 2.80. The van der Waals surface area contributed by atoms with Gasteiger partial charge in [-0.25, -0.2) is 4.39 Å². The van der Waals surface area contributed by atoms with Crippen LogP contribution in [0, 0.1) is 29.0 Å². The van der Waals surface area contributed by atoms with E-state index in [1.54, 1.807) is 41.9 Å². The van der Waals surface area contributed by atoms with Crippen LogP contribution in [0.4, 0.5) is 4.39 Å². The summed E-state index contributed by atoms with van der Waals surface area (Å²) < 4.78 is 15.9. The number of amides is 2. The maximum atomic E-state index is 14.2. The molecule has 152 valence electrons. The number of nitrogens with zero attached hydrogens (tertiary/aromatic N) is 1. The Kier molecular flexibility index (Phi) is 4.09. The highest BCUT2D eigenvalue weighted by Crippen LogP contribution is 2.59. The number of nitrogens with one attached hydrogen (secondary N) is 1. The summed E-state index contributed by atoms with van der Waals surface area (Å²) in [4.78, 5) is 25.2. The van der Waals surface area contributed by atoms with E-state index in [9.17, 15) is 14.0 Å². The third-order valence-corrected chi connectivity index (χ3v) is 7.60. The van der Waals surface area contributed by atoms with Crippen molar-refractivity contribution >= 4 is 11.8 Å². The molecule has 6 heteroatoms. The molecule has 5 nitrogen and oxygen atoms in total. The Bertz CT molecular complexity index is 982. The number of rotatable bonds is 4. The first-order valence-corrected chi connectivity index (χ1v) is 10.4. The van der Waals surface area contributed by atoms with Gasteiger partial charge in [-0.05, 0) is 74.1 Å². The zero-order valence-electron chi connectivity index (χ0n) is 16.5. The van der Waals surface area contributed by atoms with E-state index in [-0.39, 0.29) is 29.1 Å². The fourth-order valence-electron chi connectivity index (χ4n) is 6.47. The van der Waals surface area contributed by atoms with Crippen LogP contribution in [-0.4, -0.2) is 22.4 Å². The van der Waals surface area contributed by atoms with Gasteiger partial charge in [-0.3, -0.25) is 9.59 Å². The Morgan fingerprint density at radius 2 is 1.79 bits per heavy atom. The van der Waals surface area contributed by atoms with Gasteiger partial charge in [-0.15, -0.1) is 0 Å². The van der Waals surface area contributed by atoms with Gasteiger partial charge in [0.05, 0.1) is 5.69 Å². The Morgan fingerprint density at radius 1 is 1.10 bits per heavy atom. The van der Waals surface area contributed by atoms with Crippen LogP contribution in [0.25, 0.3) is 11.3 Å². The summed E-state index contributed by atoms with van der Waals surface area (Å²) in [6.45, 7) is 0. The summed E-state index contributed by atoms with van der Waals surface area (Å²) in [5.74, 6) is 0.557. The van der Waals surface area contributed by atoms with Crippen molar-refractivity contribution in [3.8, 4) is 11.3 Å². The molecule has 0 spiro atoms. The summed E-state index contributed by atoms with van der Waals surface area (Å²) in [5, 5.41) is 3.25. The van der Waals surface area contributed by atoms with Crippen molar-refractivity contribution in [2.45, 2.75) is 38.1 Å². The third-order valence-electron chi connectivity index (χ3n) is 7.60. The molecule has 3 N–H and O–H groups in total. The van der Waals surface area contributed by atoms with E-state index in [0.717, 1.165) is 32.1 Å². The van der Waals surface area contributed by atoms with E-state index < -0.39 is 0 Å². The van der Waals surface area contributed by atoms with E-state index >= 15 is 0 Å². The molecule has 1 heterocycles. The Hall–Kier alpha value is -2.63. The number of nitrogens with two attached hydrogens (primary N) is 1. The molecular formula is C23H26FN3O2. The number of hydrogen-bond acceptors (Lipinski definition) is 2. The van der Waals surface area contributed by atoms with E-state index in [1.165, 1.54) is 6.07 Å². The maximum Gasteiger partial charge on any atom is 0.268 e. The molecule has 6 rings (SSSR count). The first kappa shape index (κ1) is 18.4. The number of aromatic nitrogens is 1. The van der Waals surface area contributed by atoms with Crippen molar-refractivity contribution in [2.75, 3.05) is 0 Å². The molecule has 0 saturated heterocycles. The predicted molar refractivity (Wildman–Crippen MR) is 107 cm³/mol. The number of primary amides is 1. The fraction of sp³-hybridized carbons (Fsp3) is 0.478. The molecule has 2 unspecified atom stereocenters. The molecular weight excluding hydrogens is 369 g/mol. The van der Waals surface area contributed by atoms with Gasteiger partial charge < -0.3 is 15.6 Å². The molecule has 4 fully saturated rings. The Morgan fingerprint density at radius 3 is 2.45 bits per heavy atom. The van der Waals surface area contributed by atoms with E-state index in [1.807, 2.05) is 0 Å². The highest BCUT2D eigenvalue weighted by molar-refractivity contribution is 5.94. The molecule has 2 atom stereocenters. The summed E-state index contributed by atoms with van der Waals surface area (Å²) >= 11 is 0. The number of carbonyl (C=O) groups is 2. The highest BCUT2D eigenvalue weighted by atomic mass is 19.1. The van der Waals surface area contributed by atoms with Crippen LogP contribution in [-0.2, 0) is 11.8 Å². The van der Waals surface area contributed by atoms with Crippen molar-refractivity contribution < 1.29 is 14.0 Å². The molecule has 4 bridgehead atoms. The van der Waals surface area contributed by atoms with E-state index in [2.05, 4.69) is 5.32 Å². The zero-order chi connectivity index (χ0) is 20.3. The summed E-state index contributed by atoms with van der Waals surface area (Å²) in [7, 11) is 1.79. The second-order valence-corrected chi connectivity index (χ2v) is 9.26. The molecule has 0 aliphatic heterocycles. The van der Waals surface area contributed by atoms with Gasteiger partial charge >= 0.3 is 0 Å². The molecule has 29 heavy (non-hydrogen) atoms. The van der Waals surface area contributed by atoms with Gasteiger partial charge in [0.25, 0.3) is 5.91 Å². The molecule has 2 aromatic rings. The van der Waals surface area contributed by atoms with Gasteiger partial charge in [0, 0.05) is 24.1 Å². The molecule has 0 radical (unpaired) electrons. The minimum atomic E-state index is -0.360. The Labute approximate surface area is 169 Å². The average molecular weight is 395 g/mol. The van der Waals surface area contributed by atoms with Crippen LogP contribution in [0.1, 0.15) is 42.6 Å². The lowest BCUT2D eigenvalue weighted by atomic mass is 9.47. The number of halogens is 1. The Balaban J connectivity index is 1.37. The molecule has 4 saturated carbocycles. The SMILES string of the molecule is Cn1c(C(=O)NC2C3CC4CC2CC(C(N)=O)(C4)C3)ccc1-c1ccccc1F. The van der Waals surface area contributed by atoms with Crippen LogP contribution in [0.2, 0.25) is 0 Å². The van der Waals surface area contributed by atoms with E-state index in [0.29, 0.717) is 34.7 Å². The molecule has 4 aliphatic carbocycles. The standard InChI is InChI=1S/C23H26FN3O2/c1-27-18(16-4-2-3-5-17(16)24)6-7-19(27)21(28)26-20-14-8-13-9-15(20)12-23(10-13,11-14)22(25)29/h2-7,13-15,20H,8-12H2,1H3,(H2,25,29)(H,26,28). The second-order valence-electron chi connectivity index (χ2n) is 9.26. The molecule has 2 amide bonds. The molecule has 1 aromatic carbocycles. The number of carbonyl (C=O) groups excluding carboxylic acids is 2. The van der Waals surface area contributed by atoms with Crippen LogP contribution in [0.15, 0.2) is 36.4 Å². The first-order valence-electron chi connectivity index (χ1n) is 10.4. The normalized spacial score (nSPS) is 32.3. The summed E-state index contributed by atoms with van der Waals surface area (Å²) in [6.07, 6.45) is 4.61. The zero-order valence-corrected chi connectivity index (χ0v) is 16.5. The van der Waals surface area contributed by atoms with E-state index in [4.69, 9.17) is 5.73 Å². The average Bonchev–Trinajstić information content (AvgIpc) is 3.05. The molecule has 1 aromatic heterocycles. The van der Waals surface area contributed by atoms with Crippen molar-refractivity contribution in [3.05, 3.63) is 47.9 Å². The minimum Gasteiger partial charge on any atom is -0.369 e. The van der Waals surface area contributed by atoms with Crippen molar-refractivity contribution in [1.29, 1.82) is 0 Å². The first-order chi connectivity index (χ1) is 13.9. The van der Waals surface area contributed by atoms with Crippen LogP contribution in [0.3, 0.4) is 0 Å². The quantitative estimate of drug-likeness (QED) is 0.834. The van der Waals surface area contributed by atoms with Crippen molar-refractivity contribution in [2.24, 2.45) is 36.0 Å².